The summed E-state index contributed by atoms with van der Waals surface area (Å²) in [6.07, 6.45) is 2.57. The molecule has 0 aliphatic heterocycles. The van der Waals surface area contributed by atoms with Crippen molar-refractivity contribution < 1.29 is 26.5 Å². The van der Waals surface area contributed by atoms with Crippen molar-refractivity contribution >= 4 is 38.2 Å². The Labute approximate surface area is 213 Å². The number of aromatic amines is 1. The number of aromatic nitrogens is 2. The molecule has 0 aliphatic rings. The number of nitrogens with zero attached hydrogens (tertiary/aromatic N) is 1. The number of hydrogen-bond donors (Lipinski definition) is 2. The number of rotatable bonds is 6. The van der Waals surface area contributed by atoms with Gasteiger partial charge in [-0.05, 0) is 58.8 Å². The zero-order valence-corrected chi connectivity index (χ0v) is 20.5. The molecule has 0 bridgehead atoms. The Balaban J connectivity index is 1.65. The summed E-state index contributed by atoms with van der Waals surface area (Å²) in [6.45, 7) is 0. The Hall–Kier alpha value is -4.22. The maximum absolute atomic E-state index is 15.3. The van der Waals surface area contributed by atoms with Crippen molar-refractivity contribution in [2.24, 2.45) is 0 Å². The molecular weight excluding hydrogens is 528 g/mol. The van der Waals surface area contributed by atoms with Crippen LogP contribution in [0.3, 0.4) is 0 Å². The predicted octanol–water partition coefficient (Wildman–Crippen LogP) is 5.59. The molecule has 2 aromatic heterocycles. The maximum atomic E-state index is 15.3. The topological polar surface area (TPSA) is 114 Å². The van der Waals surface area contributed by atoms with Crippen LogP contribution >= 0.6 is 11.6 Å². The van der Waals surface area contributed by atoms with Gasteiger partial charge in [0.05, 0.1) is 17.6 Å². The first-order valence-electron chi connectivity index (χ1n) is 10.6. The van der Waals surface area contributed by atoms with Gasteiger partial charge < -0.3 is 14.2 Å². The SMILES string of the molecule is COc1cc(-c2cc(F)cc(Cl)c2)c(F)cc1-c1c(=O)[nH]cc2cc(S(=O)(=O)Nc3ccon3)ccc12. The smallest absolute Gasteiger partial charge is 0.263 e. The van der Waals surface area contributed by atoms with E-state index in [9.17, 15) is 17.6 Å². The minimum Gasteiger partial charge on any atom is -0.496 e. The van der Waals surface area contributed by atoms with Crippen LogP contribution in [-0.2, 0) is 10.0 Å². The largest absolute Gasteiger partial charge is 0.496 e. The lowest BCUT2D eigenvalue weighted by Gasteiger charge is -2.14. The molecule has 2 heterocycles. The second kappa shape index (κ2) is 9.34. The van der Waals surface area contributed by atoms with Gasteiger partial charge in [0, 0.05) is 28.4 Å². The summed E-state index contributed by atoms with van der Waals surface area (Å²) in [5, 5.41) is 4.33. The van der Waals surface area contributed by atoms with Crippen LogP contribution in [0.5, 0.6) is 5.75 Å². The zero-order chi connectivity index (χ0) is 26.3. The van der Waals surface area contributed by atoms with E-state index in [-0.39, 0.29) is 43.7 Å². The van der Waals surface area contributed by atoms with E-state index in [1.54, 1.807) is 0 Å². The van der Waals surface area contributed by atoms with Gasteiger partial charge in [0.25, 0.3) is 15.6 Å². The van der Waals surface area contributed by atoms with Gasteiger partial charge in [-0.1, -0.05) is 22.8 Å². The van der Waals surface area contributed by atoms with Crippen LogP contribution in [0.15, 0.2) is 81.3 Å². The number of pyridine rings is 1. The molecule has 0 amide bonds. The predicted molar refractivity (Wildman–Crippen MR) is 134 cm³/mol. The van der Waals surface area contributed by atoms with Gasteiger partial charge in [-0.25, -0.2) is 17.2 Å². The lowest BCUT2D eigenvalue weighted by molar-refractivity contribution is 0.415. The second-order valence-electron chi connectivity index (χ2n) is 7.92. The molecule has 5 rings (SSSR count). The maximum Gasteiger partial charge on any atom is 0.263 e. The first kappa shape index (κ1) is 24.5. The van der Waals surface area contributed by atoms with Crippen molar-refractivity contribution in [2.75, 3.05) is 11.8 Å². The third-order valence-electron chi connectivity index (χ3n) is 5.60. The Kier molecular flexibility index (Phi) is 6.18. The number of benzene rings is 3. The molecular formula is C25H16ClF2N3O5S. The quantitative estimate of drug-likeness (QED) is 0.288. The van der Waals surface area contributed by atoms with Gasteiger partial charge in [-0.15, -0.1) is 0 Å². The van der Waals surface area contributed by atoms with E-state index in [1.807, 2.05) is 0 Å². The standard InChI is InChI=1S/C25H16ClF2N3O5S/c1-35-22-11-19(13-6-15(26)9-16(27)7-13)21(28)10-20(22)24-18-3-2-17(8-14(18)12-29-25(24)32)37(33,34)31-23-4-5-36-30-23/h2-12H,1H3,(H,29,32)(H,30,31). The third-order valence-corrected chi connectivity index (χ3v) is 7.17. The molecule has 5 aromatic rings. The van der Waals surface area contributed by atoms with Crippen molar-refractivity contribution in [1.29, 1.82) is 0 Å². The molecule has 0 saturated carbocycles. The van der Waals surface area contributed by atoms with Crippen LogP contribution in [0.2, 0.25) is 5.02 Å². The molecule has 0 spiro atoms. The van der Waals surface area contributed by atoms with Crippen molar-refractivity contribution in [2.45, 2.75) is 4.90 Å². The number of ether oxygens (including phenoxy) is 1. The normalized spacial score (nSPS) is 11.6. The third kappa shape index (κ3) is 4.66. The average molecular weight is 544 g/mol. The van der Waals surface area contributed by atoms with Gasteiger partial charge in [-0.2, -0.15) is 0 Å². The van der Waals surface area contributed by atoms with E-state index in [4.69, 9.17) is 16.3 Å². The molecule has 0 saturated heterocycles. The highest BCUT2D eigenvalue weighted by atomic mass is 35.5. The molecule has 0 radical (unpaired) electrons. The lowest BCUT2D eigenvalue weighted by Crippen LogP contribution is -2.14. The van der Waals surface area contributed by atoms with Gasteiger partial charge in [0.1, 0.15) is 23.6 Å². The molecule has 0 aliphatic carbocycles. The number of anilines is 1. The van der Waals surface area contributed by atoms with Crippen molar-refractivity contribution in [1.82, 2.24) is 10.1 Å². The summed E-state index contributed by atoms with van der Waals surface area (Å²) in [7, 11) is -2.67. The molecule has 12 heteroatoms. The summed E-state index contributed by atoms with van der Waals surface area (Å²) >= 11 is 5.93. The number of sulfonamides is 1. The van der Waals surface area contributed by atoms with Crippen LogP contribution in [-0.4, -0.2) is 25.7 Å². The molecule has 3 aromatic carbocycles. The summed E-state index contributed by atoms with van der Waals surface area (Å²) in [5.41, 5.74) is -0.164. The highest BCUT2D eigenvalue weighted by Gasteiger charge is 2.21. The Morgan fingerprint density at radius 2 is 1.86 bits per heavy atom. The fourth-order valence-corrected chi connectivity index (χ4v) is 5.22. The zero-order valence-electron chi connectivity index (χ0n) is 18.9. The van der Waals surface area contributed by atoms with Crippen LogP contribution in [0.25, 0.3) is 33.0 Å². The number of halogens is 3. The molecule has 8 nitrogen and oxygen atoms in total. The van der Waals surface area contributed by atoms with E-state index in [2.05, 4.69) is 19.4 Å². The summed E-state index contributed by atoms with van der Waals surface area (Å²) in [6, 6.07) is 11.5. The fraction of sp³-hybridized carbons (Fsp3) is 0.0400. The number of hydrogen-bond acceptors (Lipinski definition) is 6. The highest BCUT2D eigenvalue weighted by molar-refractivity contribution is 7.92. The first-order valence-corrected chi connectivity index (χ1v) is 12.5. The van der Waals surface area contributed by atoms with E-state index in [0.29, 0.717) is 10.8 Å². The fourth-order valence-electron chi connectivity index (χ4n) is 3.97. The average Bonchev–Trinajstić information content (AvgIpc) is 3.35. The van der Waals surface area contributed by atoms with Crippen LogP contribution < -0.4 is 15.0 Å². The van der Waals surface area contributed by atoms with Crippen molar-refractivity contribution in [3.05, 3.63) is 94.1 Å². The summed E-state index contributed by atoms with van der Waals surface area (Å²) in [5.74, 6) is -1.24. The van der Waals surface area contributed by atoms with E-state index in [0.717, 1.165) is 18.2 Å². The molecule has 0 fully saturated rings. The van der Waals surface area contributed by atoms with Gasteiger partial charge in [-0.3, -0.25) is 9.52 Å². The molecule has 0 atom stereocenters. The Morgan fingerprint density at radius 1 is 1.05 bits per heavy atom. The van der Waals surface area contributed by atoms with Crippen LogP contribution in [0.1, 0.15) is 0 Å². The number of H-pyrrole nitrogens is 1. The molecule has 37 heavy (non-hydrogen) atoms. The number of nitrogens with one attached hydrogen (secondary N) is 2. The van der Waals surface area contributed by atoms with E-state index in [1.165, 1.54) is 56.0 Å². The molecule has 188 valence electrons. The minimum absolute atomic E-state index is 0.00198. The van der Waals surface area contributed by atoms with Crippen LogP contribution in [0, 0.1) is 11.6 Å². The van der Waals surface area contributed by atoms with Crippen LogP contribution in [0.4, 0.5) is 14.6 Å². The first-order chi connectivity index (χ1) is 17.7. The number of methoxy groups -OCH3 is 1. The summed E-state index contributed by atoms with van der Waals surface area (Å²) < 4.78 is 67.1. The van der Waals surface area contributed by atoms with Gasteiger partial charge >= 0.3 is 0 Å². The van der Waals surface area contributed by atoms with E-state index >= 15 is 4.39 Å². The van der Waals surface area contributed by atoms with Gasteiger partial charge in [0.15, 0.2) is 5.82 Å². The lowest BCUT2D eigenvalue weighted by atomic mass is 9.96. The highest BCUT2D eigenvalue weighted by Crippen LogP contribution is 2.38. The number of fused-ring (bicyclic) bond motifs is 1. The Morgan fingerprint density at radius 3 is 2.57 bits per heavy atom. The van der Waals surface area contributed by atoms with Crippen molar-refractivity contribution in [3.63, 3.8) is 0 Å². The molecule has 2 N–H and O–H groups in total. The molecule has 0 unspecified atom stereocenters. The van der Waals surface area contributed by atoms with Crippen molar-refractivity contribution in [3.8, 4) is 28.0 Å². The second-order valence-corrected chi connectivity index (χ2v) is 10.0. The minimum atomic E-state index is -4.02. The Bertz CT molecular complexity index is 1800. The van der Waals surface area contributed by atoms with Gasteiger partial charge in [0.2, 0.25) is 0 Å². The van der Waals surface area contributed by atoms with E-state index < -0.39 is 27.2 Å². The summed E-state index contributed by atoms with van der Waals surface area (Å²) in [4.78, 5) is 15.4. The monoisotopic (exact) mass is 543 g/mol.